The Hall–Kier alpha value is -1.81. The van der Waals surface area contributed by atoms with Crippen LogP contribution in [0.5, 0.6) is 5.75 Å². The van der Waals surface area contributed by atoms with Crippen LogP contribution in [0.25, 0.3) is 0 Å². The molecule has 4 heteroatoms. The lowest BCUT2D eigenvalue weighted by atomic mass is 10.1. The molecule has 1 amide bonds. The molecule has 0 atom stereocenters. The highest BCUT2D eigenvalue weighted by molar-refractivity contribution is 9.10. The molecule has 0 aromatic heterocycles. The quantitative estimate of drug-likeness (QED) is 0.633. The van der Waals surface area contributed by atoms with Crippen molar-refractivity contribution in [2.45, 2.75) is 32.6 Å². The van der Waals surface area contributed by atoms with E-state index in [4.69, 9.17) is 4.74 Å². The molecular formula is C20H24BrNO2. The Labute approximate surface area is 152 Å². The molecule has 0 aliphatic rings. The van der Waals surface area contributed by atoms with Crippen molar-refractivity contribution in [3.05, 3.63) is 64.1 Å². The third kappa shape index (κ3) is 6.75. The van der Waals surface area contributed by atoms with Crippen LogP contribution in [0.3, 0.4) is 0 Å². The average Bonchev–Trinajstić information content (AvgIpc) is 2.59. The van der Waals surface area contributed by atoms with Gasteiger partial charge in [-0.3, -0.25) is 4.79 Å². The Morgan fingerprint density at radius 1 is 1.08 bits per heavy atom. The molecule has 128 valence electrons. The standard InChI is InChI=1S/C20H24BrNO2/c1-16-8-11-18(12-9-16)24-15-5-4-14-22-20(23)13-10-17-6-2-3-7-19(17)21/h2-3,6-9,11-12H,4-5,10,13-15H2,1H3,(H,22,23). The molecular weight excluding hydrogens is 366 g/mol. The zero-order chi connectivity index (χ0) is 17.2. The molecule has 0 saturated carbocycles. The van der Waals surface area contributed by atoms with Crippen molar-refractivity contribution < 1.29 is 9.53 Å². The van der Waals surface area contributed by atoms with E-state index in [1.165, 1.54) is 11.1 Å². The minimum Gasteiger partial charge on any atom is -0.494 e. The number of unbranched alkanes of at least 4 members (excludes halogenated alkanes) is 1. The van der Waals surface area contributed by atoms with Gasteiger partial charge in [-0.05, 0) is 49.9 Å². The van der Waals surface area contributed by atoms with Crippen LogP contribution in [0.4, 0.5) is 0 Å². The summed E-state index contributed by atoms with van der Waals surface area (Å²) in [4.78, 5) is 11.9. The fourth-order valence-corrected chi connectivity index (χ4v) is 2.80. The largest absolute Gasteiger partial charge is 0.494 e. The third-order valence-corrected chi connectivity index (χ3v) is 4.54. The van der Waals surface area contributed by atoms with Crippen molar-refractivity contribution in [1.29, 1.82) is 0 Å². The molecule has 0 spiro atoms. The molecule has 2 aromatic rings. The summed E-state index contributed by atoms with van der Waals surface area (Å²) in [5.41, 5.74) is 2.40. The number of nitrogens with one attached hydrogen (secondary N) is 1. The number of benzene rings is 2. The topological polar surface area (TPSA) is 38.3 Å². The predicted molar refractivity (Wildman–Crippen MR) is 101 cm³/mol. The van der Waals surface area contributed by atoms with Crippen LogP contribution in [-0.4, -0.2) is 19.1 Å². The monoisotopic (exact) mass is 389 g/mol. The fourth-order valence-electron chi connectivity index (χ4n) is 2.32. The molecule has 0 heterocycles. The lowest BCUT2D eigenvalue weighted by molar-refractivity contribution is -0.121. The Bertz CT molecular complexity index is 640. The Morgan fingerprint density at radius 3 is 2.58 bits per heavy atom. The SMILES string of the molecule is Cc1ccc(OCCCCNC(=O)CCc2ccccc2Br)cc1. The van der Waals surface area contributed by atoms with Crippen LogP contribution in [0.2, 0.25) is 0 Å². The molecule has 0 aliphatic heterocycles. The number of halogens is 1. The molecule has 0 fully saturated rings. The van der Waals surface area contributed by atoms with Crippen molar-refractivity contribution in [2.24, 2.45) is 0 Å². The minimum absolute atomic E-state index is 0.102. The third-order valence-electron chi connectivity index (χ3n) is 3.76. The molecule has 1 N–H and O–H groups in total. The van der Waals surface area contributed by atoms with Crippen molar-refractivity contribution in [3.8, 4) is 5.75 Å². The summed E-state index contributed by atoms with van der Waals surface area (Å²) in [5, 5.41) is 2.97. The van der Waals surface area contributed by atoms with Gasteiger partial charge in [0.1, 0.15) is 5.75 Å². The number of hydrogen-bond donors (Lipinski definition) is 1. The van der Waals surface area contributed by atoms with E-state index in [1.54, 1.807) is 0 Å². The molecule has 2 rings (SSSR count). The maximum atomic E-state index is 11.9. The first-order chi connectivity index (χ1) is 11.6. The number of hydrogen-bond acceptors (Lipinski definition) is 2. The highest BCUT2D eigenvalue weighted by Crippen LogP contribution is 2.17. The van der Waals surface area contributed by atoms with E-state index < -0.39 is 0 Å². The van der Waals surface area contributed by atoms with E-state index in [0.717, 1.165) is 29.5 Å². The number of ether oxygens (including phenoxy) is 1. The second-order valence-corrected chi connectivity index (χ2v) is 6.66. The molecule has 2 aromatic carbocycles. The summed E-state index contributed by atoms with van der Waals surface area (Å²) in [6.45, 7) is 3.44. The summed E-state index contributed by atoms with van der Waals surface area (Å²) in [5.74, 6) is 1.00. The summed E-state index contributed by atoms with van der Waals surface area (Å²) in [7, 11) is 0. The van der Waals surface area contributed by atoms with Gasteiger partial charge in [0, 0.05) is 17.4 Å². The maximum absolute atomic E-state index is 11.9. The van der Waals surface area contributed by atoms with Crippen molar-refractivity contribution in [2.75, 3.05) is 13.2 Å². The zero-order valence-corrected chi connectivity index (χ0v) is 15.6. The van der Waals surface area contributed by atoms with E-state index in [9.17, 15) is 4.79 Å². The van der Waals surface area contributed by atoms with Gasteiger partial charge in [-0.25, -0.2) is 0 Å². The Balaban J connectivity index is 1.53. The predicted octanol–water partition coefficient (Wildman–Crippen LogP) is 4.67. The van der Waals surface area contributed by atoms with Crippen LogP contribution in [0.1, 0.15) is 30.4 Å². The van der Waals surface area contributed by atoms with Crippen LogP contribution < -0.4 is 10.1 Å². The van der Waals surface area contributed by atoms with Gasteiger partial charge in [-0.2, -0.15) is 0 Å². The number of aryl methyl sites for hydroxylation is 2. The van der Waals surface area contributed by atoms with E-state index >= 15 is 0 Å². The molecule has 24 heavy (non-hydrogen) atoms. The second-order valence-electron chi connectivity index (χ2n) is 5.81. The molecule has 0 aliphatic carbocycles. The summed E-state index contributed by atoms with van der Waals surface area (Å²) in [6.07, 6.45) is 3.12. The highest BCUT2D eigenvalue weighted by Gasteiger charge is 2.04. The maximum Gasteiger partial charge on any atom is 0.220 e. The molecule has 0 radical (unpaired) electrons. The van der Waals surface area contributed by atoms with Crippen molar-refractivity contribution in [1.82, 2.24) is 5.32 Å². The zero-order valence-electron chi connectivity index (χ0n) is 14.1. The lowest BCUT2D eigenvalue weighted by Gasteiger charge is -2.08. The molecule has 0 bridgehead atoms. The van der Waals surface area contributed by atoms with Crippen molar-refractivity contribution >= 4 is 21.8 Å². The van der Waals surface area contributed by atoms with E-state index in [2.05, 4.69) is 28.2 Å². The highest BCUT2D eigenvalue weighted by atomic mass is 79.9. The fraction of sp³-hybridized carbons (Fsp3) is 0.350. The normalized spacial score (nSPS) is 10.4. The molecule has 3 nitrogen and oxygen atoms in total. The van der Waals surface area contributed by atoms with Crippen LogP contribution in [-0.2, 0) is 11.2 Å². The first kappa shape index (κ1) is 18.5. The van der Waals surface area contributed by atoms with E-state index in [0.29, 0.717) is 19.6 Å². The number of carbonyl (C=O) groups is 1. The van der Waals surface area contributed by atoms with E-state index in [-0.39, 0.29) is 5.91 Å². The van der Waals surface area contributed by atoms with Gasteiger partial charge >= 0.3 is 0 Å². The van der Waals surface area contributed by atoms with Crippen LogP contribution in [0.15, 0.2) is 53.0 Å². The van der Waals surface area contributed by atoms with Gasteiger partial charge in [0.25, 0.3) is 0 Å². The summed E-state index contributed by atoms with van der Waals surface area (Å²) < 4.78 is 6.73. The van der Waals surface area contributed by atoms with Crippen LogP contribution in [0, 0.1) is 6.92 Å². The summed E-state index contributed by atoms with van der Waals surface area (Å²) >= 11 is 3.51. The lowest BCUT2D eigenvalue weighted by Crippen LogP contribution is -2.25. The van der Waals surface area contributed by atoms with E-state index in [1.807, 2.05) is 48.5 Å². The van der Waals surface area contributed by atoms with Gasteiger partial charge in [-0.15, -0.1) is 0 Å². The first-order valence-corrected chi connectivity index (χ1v) is 9.14. The van der Waals surface area contributed by atoms with Gasteiger partial charge in [-0.1, -0.05) is 51.8 Å². The number of rotatable bonds is 9. The Morgan fingerprint density at radius 2 is 1.83 bits per heavy atom. The number of carbonyl (C=O) groups excluding carboxylic acids is 1. The van der Waals surface area contributed by atoms with Gasteiger partial charge in [0.15, 0.2) is 0 Å². The first-order valence-electron chi connectivity index (χ1n) is 8.35. The molecule has 0 saturated heterocycles. The van der Waals surface area contributed by atoms with Gasteiger partial charge < -0.3 is 10.1 Å². The smallest absolute Gasteiger partial charge is 0.220 e. The summed E-state index contributed by atoms with van der Waals surface area (Å²) in [6, 6.07) is 16.1. The molecule has 0 unspecified atom stereocenters. The van der Waals surface area contributed by atoms with Gasteiger partial charge in [0.2, 0.25) is 5.91 Å². The van der Waals surface area contributed by atoms with Gasteiger partial charge in [0.05, 0.1) is 6.61 Å². The average molecular weight is 390 g/mol. The second kappa shape index (κ2) is 10.1. The number of amides is 1. The minimum atomic E-state index is 0.102. The van der Waals surface area contributed by atoms with Crippen molar-refractivity contribution in [3.63, 3.8) is 0 Å². The van der Waals surface area contributed by atoms with Crippen LogP contribution >= 0.6 is 15.9 Å². The Kier molecular flexibility index (Phi) is 7.83.